The zero-order valence-electron chi connectivity index (χ0n) is 23.3. The van der Waals surface area contributed by atoms with Crippen LogP contribution in [0.2, 0.25) is 0 Å². The highest BCUT2D eigenvalue weighted by Crippen LogP contribution is 2.44. The van der Waals surface area contributed by atoms with Gasteiger partial charge in [-0.15, -0.1) is 0 Å². The van der Waals surface area contributed by atoms with E-state index in [2.05, 4.69) is 73.7 Å². The van der Waals surface area contributed by atoms with E-state index in [1.807, 2.05) is 61.5 Å². The van der Waals surface area contributed by atoms with Gasteiger partial charge in [-0.25, -0.2) is 4.98 Å². The van der Waals surface area contributed by atoms with Crippen molar-refractivity contribution in [3.05, 3.63) is 109 Å². The van der Waals surface area contributed by atoms with Crippen molar-refractivity contribution in [3.8, 4) is 28.5 Å². The Morgan fingerprint density at radius 2 is 1.40 bits per heavy atom. The van der Waals surface area contributed by atoms with E-state index in [-0.39, 0.29) is 0 Å². The minimum Gasteiger partial charge on any atom is -0.454 e. The van der Waals surface area contributed by atoms with E-state index < -0.39 is 0 Å². The molecule has 0 saturated heterocycles. The molecule has 0 N–H and O–H groups in total. The van der Waals surface area contributed by atoms with E-state index in [4.69, 9.17) is 9.40 Å². The summed E-state index contributed by atoms with van der Waals surface area (Å²) in [6.45, 7) is 5.72. The summed E-state index contributed by atoms with van der Waals surface area (Å²) in [6, 6.07) is 32.4. The van der Waals surface area contributed by atoms with Gasteiger partial charge in [0.05, 0.1) is 50.9 Å². The van der Waals surface area contributed by atoms with Crippen LogP contribution in [0.1, 0.15) is 6.92 Å². The van der Waals surface area contributed by atoms with Crippen LogP contribution in [-0.4, -0.2) is 32.5 Å². The SMILES string of the molecule is C=Nc1cc2c3ccc4c5ccccc5oc4c3n(-c3cc(-c4ccccn4)nc(-c4ccccn4)c3)c2cc1N=CC. The number of nitrogens with zero attached hydrogens (tertiary/aromatic N) is 6. The third-order valence-electron chi connectivity index (χ3n) is 7.73. The molecule has 204 valence electrons. The first kappa shape index (κ1) is 24.8. The van der Waals surface area contributed by atoms with Crippen molar-refractivity contribution in [3.63, 3.8) is 0 Å². The van der Waals surface area contributed by atoms with Gasteiger partial charge in [-0.3, -0.25) is 20.0 Å². The second-order valence-electron chi connectivity index (χ2n) is 10.2. The second kappa shape index (κ2) is 9.85. The molecule has 8 aromatic rings. The number of hydrogen-bond acceptors (Lipinski definition) is 6. The fraction of sp³-hybridized carbons (Fsp3) is 0.0278. The highest BCUT2D eigenvalue weighted by molar-refractivity contribution is 6.22. The molecule has 0 amide bonds. The van der Waals surface area contributed by atoms with Crippen molar-refractivity contribution in [2.24, 2.45) is 9.98 Å². The van der Waals surface area contributed by atoms with E-state index in [1.165, 1.54) is 0 Å². The van der Waals surface area contributed by atoms with Gasteiger partial charge in [-0.1, -0.05) is 36.4 Å². The zero-order valence-corrected chi connectivity index (χ0v) is 23.3. The predicted molar refractivity (Wildman–Crippen MR) is 175 cm³/mol. The normalized spacial score (nSPS) is 11.8. The number of hydrogen-bond donors (Lipinski definition) is 0. The van der Waals surface area contributed by atoms with Crippen molar-refractivity contribution in [1.82, 2.24) is 19.5 Å². The summed E-state index contributed by atoms with van der Waals surface area (Å²) in [5.41, 5.74) is 8.91. The lowest BCUT2D eigenvalue weighted by molar-refractivity contribution is 0.671. The topological polar surface area (TPSA) is 81.5 Å². The molecule has 0 unspecified atom stereocenters. The first-order valence-electron chi connectivity index (χ1n) is 14.0. The Bertz CT molecular complexity index is 2310. The van der Waals surface area contributed by atoms with Crippen molar-refractivity contribution in [1.29, 1.82) is 0 Å². The van der Waals surface area contributed by atoms with Crippen LogP contribution >= 0.6 is 0 Å². The van der Waals surface area contributed by atoms with Gasteiger partial charge in [-0.05, 0) is 74.3 Å². The molecule has 0 bridgehead atoms. The molecule has 3 aromatic carbocycles. The number of aliphatic imine (C=N–C) groups is 2. The quantitative estimate of drug-likeness (QED) is 0.198. The van der Waals surface area contributed by atoms with Crippen LogP contribution < -0.4 is 0 Å². The van der Waals surface area contributed by atoms with Gasteiger partial charge in [0, 0.05) is 40.2 Å². The summed E-state index contributed by atoms with van der Waals surface area (Å²) < 4.78 is 8.83. The Morgan fingerprint density at radius 3 is 2.07 bits per heavy atom. The molecular weight excluding hydrogens is 532 g/mol. The number of furan rings is 1. The molecule has 43 heavy (non-hydrogen) atoms. The van der Waals surface area contributed by atoms with Crippen molar-refractivity contribution >= 4 is 68.1 Å². The Hall–Kier alpha value is -5.95. The molecule has 7 nitrogen and oxygen atoms in total. The average molecular weight is 557 g/mol. The fourth-order valence-corrected chi connectivity index (χ4v) is 5.87. The summed E-state index contributed by atoms with van der Waals surface area (Å²) in [6.07, 6.45) is 5.33. The monoisotopic (exact) mass is 556 g/mol. The van der Waals surface area contributed by atoms with E-state index in [1.54, 1.807) is 18.6 Å². The summed E-state index contributed by atoms with van der Waals surface area (Å²) in [5, 5.41) is 4.17. The predicted octanol–water partition coefficient (Wildman–Crippen LogP) is 9.26. The third kappa shape index (κ3) is 3.94. The minimum atomic E-state index is 0.715. The van der Waals surface area contributed by atoms with Gasteiger partial charge < -0.3 is 8.98 Å². The van der Waals surface area contributed by atoms with Crippen LogP contribution in [0.4, 0.5) is 11.4 Å². The molecule has 0 aliphatic carbocycles. The number of benzene rings is 3. The highest BCUT2D eigenvalue weighted by atomic mass is 16.3. The highest BCUT2D eigenvalue weighted by Gasteiger charge is 2.22. The third-order valence-corrected chi connectivity index (χ3v) is 7.73. The zero-order chi connectivity index (χ0) is 28.9. The van der Waals surface area contributed by atoms with E-state index in [0.29, 0.717) is 5.69 Å². The maximum atomic E-state index is 6.59. The second-order valence-corrected chi connectivity index (χ2v) is 10.2. The van der Waals surface area contributed by atoms with Crippen LogP contribution in [0.15, 0.2) is 124 Å². The standard InChI is InChI=1S/C36H24N6O/c1-3-38-30-21-33-26(20-29(30)37-2)24-14-15-25-23-10-4-5-13-34(23)43-36(25)35(24)42(33)22-18-31(27-11-6-8-16-39-27)41-32(19-22)28-12-7-9-17-40-28/h3-21H,2H2,1H3. The lowest BCUT2D eigenvalue weighted by Crippen LogP contribution is -1.99. The van der Waals surface area contributed by atoms with Gasteiger partial charge in [-0.2, -0.15) is 0 Å². The van der Waals surface area contributed by atoms with Crippen LogP contribution in [-0.2, 0) is 0 Å². The molecule has 0 aliphatic rings. The van der Waals surface area contributed by atoms with Crippen LogP contribution in [0.3, 0.4) is 0 Å². The maximum Gasteiger partial charge on any atom is 0.160 e. The molecule has 5 aromatic heterocycles. The van der Waals surface area contributed by atoms with Crippen molar-refractivity contribution in [2.75, 3.05) is 0 Å². The van der Waals surface area contributed by atoms with E-state index in [0.717, 1.165) is 77.9 Å². The van der Waals surface area contributed by atoms with E-state index >= 15 is 0 Å². The van der Waals surface area contributed by atoms with Gasteiger partial charge in [0.1, 0.15) is 5.58 Å². The summed E-state index contributed by atoms with van der Waals surface area (Å²) >= 11 is 0. The minimum absolute atomic E-state index is 0.715. The maximum absolute atomic E-state index is 6.59. The molecule has 7 heteroatoms. The largest absolute Gasteiger partial charge is 0.454 e. The first-order valence-corrected chi connectivity index (χ1v) is 14.0. The molecule has 0 radical (unpaired) electrons. The van der Waals surface area contributed by atoms with Crippen LogP contribution in [0.5, 0.6) is 0 Å². The van der Waals surface area contributed by atoms with Gasteiger partial charge >= 0.3 is 0 Å². The Morgan fingerprint density at radius 1 is 0.698 bits per heavy atom. The summed E-state index contributed by atoms with van der Waals surface area (Å²) in [5.74, 6) is 0. The number of fused-ring (bicyclic) bond motifs is 7. The van der Waals surface area contributed by atoms with Gasteiger partial charge in [0.25, 0.3) is 0 Å². The van der Waals surface area contributed by atoms with Gasteiger partial charge in [0.15, 0.2) is 5.58 Å². The number of rotatable bonds is 5. The summed E-state index contributed by atoms with van der Waals surface area (Å²) in [7, 11) is 0. The fourth-order valence-electron chi connectivity index (χ4n) is 5.87. The first-order chi connectivity index (χ1) is 21.2. The summed E-state index contributed by atoms with van der Waals surface area (Å²) in [4.78, 5) is 23.2. The number of aromatic nitrogens is 4. The lowest BCUT2D eigenvalue weighted by Gasteiger charge is -2.13. The molecule has 0 atom stereocenters. The number of pyridine rings is 3. The lowest BCUT2D eigenvalue weighted by atomic mass is 10.1. The van der Waals surface area contributed by atoms with Crippen LogP contribution in [0.25, 0.3) is 72.2 Å². The molecule has 0 spiro atoms. The molecule has 5 heterocycles. The smallest absolute Gasteiger partial charge is 0.160 e. The van der Waals surface area contributed by atoms with Crippen molar-refractivity contribution < 1.29 is 4.42 Å². The molecular formula is C36H24N6O. The van der Waals surface area contributed by atoms with E-state index in [9.17, 15) is 0 Å². The molecule has 0 saturated carbocycles. The number of para-hydroxylation sites is 1. The molecule has 8 rings (SSSR count). The average Bonchev–Trinajstić information content (AvgIpc) is 3.60. The van der Waals surface area contributed by atoms with Crippen molar-refractivity contribution in [2.45, 2.75) is 6.92 Å². The Labute approximate surface area is 246 Å². The Balaban J connectivity index is 1.56. The van der Waals surface area contributed by atoms with Gasteiger partial charge in [0.2, 0.25) is 0 Å². The van der Waals surface area contributed by atoms with Crippen LogP contribution in [0, 0.1) is 0 Å². The Kier molecular flexibility index (Phi) is 5.68. The molecule has 0 fully saturated rings. The molecule has 0 aliphatic heterocycles.